The highest BCUT2D eigenvalue weighted by Crippen LogP contribution is 2.25. The lowest BCUT2D eigenvalue weighted by atomic mass is 10.1. The largest absolute Gasteiger partial charge is 0.484 e. The summed E-state index contributed by atoms with van der Waals surface area (Å²) in [6.45, 7) is 5.51. The lowest BCUT2D eigenvalue weighted by Crippen LogP contribution is -2.68. The topological polar surface area (TPSA) is 67.4 Å². The van der Waals surface area contributed by atoms with Gasteiger partial charge in [-0.05, 0) is 24.0 Å². The minimum absolute atomic E-state index is 0.113. The number of β-lactam (4-membered cyclic amide) rings is 1. The van der Waals surface area contributed by atoms with Gasteiger partial charge in [0.2, 0.25) is 5.91 Å². The highest BCUT2D eigenvalue weighted by molar-refractivity contribution is 8.03. The van der Waals surface area contributed by atoms with Gasteiger partial charge in [0.05, 0.1) is 0 Å². The maximum absolute atomic E-state index is 11.7. The second-order valence-corrected chi connectivity index (χ2v) is 5.84. The van der Waals surface area contributed by atoms with Crippen molar-refractivity contribution in [1.29, 1.82) is 0 Å². The normalized spacial score (nSPS) is 20.6. The fraction of sp³-hybridized carbons (Fsp3) is 0.286. The first-order valence-corrected chi connectivity index (χ1v) is 7.04. The Morgan fingerprint density at radius 1 is 1.45 bits per heavy atom. The van der Waals surface area contributed by atoms with E-state index < -0.39 is 6.04 Å². The minimum Gasteiger partial charge on any atom is -0.484 e. The van der Waals surface area contributed by atoms with E-state index in [0.717, 1.165) is 4.91 Å². The number of hydrogen-bond acceptors (Lipinski definition) is 4. The summed E-state index contributed by atoms with van der Waals surface area (Å²) in [6.07, 6.45) is 0. The van der Waals surface area contributed by atoms with Gasteiger partial charge in [0.15, 0.2) is 6.61 Å². The van der Waals surface area contributed by atoms with E-state index in [2.05, 4.69) is 17.2 Å². The van der Waals surface area contributed by atoms with Gasteiger partial charge in [-0.15, -0.1) is 11.8 Å². The van der Waals surface area contributed by atoms with E-state index in [0.29, 0.717) is 5.75 Å². The molecular formula is C14H16N2O3S. The molecule has 0 saturated carbocycles. The fourth-order valence-electron chi connectivity index (χ4n) is 1.69. The molecule has 6 heteroatoms. The van der Waals surface area contributed by atoms with Crippen LogP contribution in [0.4, 0.5) is 0 Å². The van der Waals surface area contributed by atoms with Crippen LogP contribution in [0.25, 0.3) is 0 Å². The van der Waals surface area contributed by atoms with Gasteiger partial charge < -0.3 is 15.4 Å². The SMILES string of the molecule is C=C(C)SC1NC(=O)C1NC(=O)COc1ccccc1. The molecule has 2 atom stereocenters. The minimum atomic E-state index is -0.524. The lowest BCUT2D eigenvalue weighted by Gasteiger charge is -2.36. The Kier molecular flexibility index (Phi) is 4.68. The number of carbonyl (C=O) groups is 2. The Morgan fingerprint density at radius 3 is 2.75 bits per heavy atom. The quantitative estimate of drug-likeness (QED) is 0.775. The first-order valence-electron chi connectivity index (χ1n) is 6.16. The van der Waals surface area contributed by atoms with E-state index in [4.69, 9.17) is 4.74 Å². The number of ether oxygens (including phenoxy) is 1. The van der Waals surface area contributed by atoms with Crippen LogP contribution in [-0.2, 0) is 9.59 Å². The van der Waals surface area contributed by atoms with Gasteiger partial charge in [0, 0.05) is 0 Å². The smallest absolute Gasteiger partial charge is 0.258 e. The average Bonchev–Trinajstić information content (AvgIpc) is 2.43. The molecule has 2 N–H and O–H groups in total. The standard InChI is InChI=1S/C14H16N2O3S/c1-9(2)20-14-12(13(18)16-14)15-11(17)8-19-10-6-4-3-5-7-10/h3-7,12,14H,1,8H2,2H3,(H,15,17)(H,16,18). The van der Waals surface area contributed by atoms with Crippen molar-refractivity contribution < 1.29 is 14.3 Å². The Hall–Kier alpha value is -1.95. The summed E-state index contributed by atoms with van der Waals surface area (Å²) in [5, 5.41) is 5.21. The molecule has 20 heavy (non-hydrogen) atoms. The number of nitrogens with one attached hydrogen (secondary N) is 2. The molecule has 1 aromatic rings. The number of benzene rings is 1. The summed E-state index contributed by atoms with van der Waals surface area (Å²) in [7, 11) is 0. The van der Waals surface area contributed by atoms with Crippen LogP contribution >= 0.6 is 11.8 Å². The van der Waals surface area contributed by atoms with E-state index in [9.17, 15) is 9.59 Å². The molecule has 1 saturated heterocycles. The third-order valence-corrected chi connectivity index (χ3v) is 3.67. The van der Waals surface area contributed by atoms with E-state index in [-0.39, 0.29) is 23.8 Å². The summed E-state index contributed by atoms with van der Waals surface area (Å²) >= 11 is 1.43. The molecule has 2 rings (SSSR count). The molecule has 0 radical (unpaired) electrons. The molecule has 106 valence electrons. The summed E-state index contributed by atoms with van der Waals surface area (Å²) < 4.78 is 5.32. The average molecular weight is 292 g/mol. The Morgan fingerprint density at radius 2 is 2.15 bits per heavy atom. The van der Waals surface area contributed by atoms with E-state index >= 15 is 0 Å². The van der Waals surface area contributed by atoms with Crippen molar-refractivity contribution in [3.05, 3.63) is 41.8 Å². The highest BCUT2D eigenvalue weighted by atomic mass is 32.2. The zero-order chi connectivity index (χ0) is 14.5. The van der Waals surface area contributed by atoms with Gasteiger partial charge in [0.1, 0.15) is 17.2 Å². The molecule has 1 heterocycles. The van der Waals surface area contributed by atoms with Gasteiger partial charge >= 0.3 is 0 Å². The van der Waals surface area contributed by atoms with Crippen molar-refractivity contribution in [1.82, 2.24) is 10.6 Å². The predicted octanol–water partition coefficient (Wildman–Crippen LogP) is 1.27. The van der Waals surface area contributed by atoms with E-state index in [1.807, 2.05) is 25.1 Å². The van der Waals surface area contributed by atoms with Crippen molar-refractivity contribution in [3.63, 3.8) is 0 Å². The van der Waals surface area contributed by atoms with Crippen LogP contribution in [0, 0.1) is 0 Å². The third-order valence-electron chi connectivity index (χ3n) is 2.63. The number of allylic oxidation sites excluding steroid dienone is 1. The van der Waals surface area contributed by atoms with Crippen LogP contribution < -0.4 is 15.4 Å². The van der Waals surface area contributed by atoms with Crippen LogP contribution in [0.5, 0.6) is 5.75 Å². The number of para-hydroxylation sites is 1. The first kappa shape index (κ1) is 14.5. The number of amides is 2. The third kappa shape index (κ3) is 3.77. The zero-order valence-electron chi connectivity index (χ0n) is 11.1. The molecular weight excluding hydrogens is 276 g/mol. The van der Waals surface area contributed by atoms with Crippen molar-refractivity contribution >= 4 is 23.6 Å². The molecule has 2 amide bonds. The van der Waals surface area contributed by atoms with Gasteiger partial charge in [-0.3, -0.25) is 9.59 Å². The number of hydrogen-bond donors (Lipinski definition) is 2. The lowest BCUT2D eigenvalue weighted by molar-refractivity contribution is -0.134. The van der Waals surface area contributed by atoms with Gasteiger partial charge in [-0.1, -0.05) is 24.8 Å². The van der Waals surface area contributed by atoms with Crippen molar-refractivity contribution in [2.75, 3.05) is 6.61 Å². The molecule has 1 aliphatic heterocycles. The van der Waals surface area contributed by atoms with Crippen LogP contribution in [0.3, 0.4) is 0 Å². The van der Waals surface area contributed by atoms with Crippen molar-refractivity contribution in [3.8, 4) is 5.75 Å². The summed E-state index contributed by atoms with van der Waals surface area (Å²) in [5.41, 5.74) is 0. The van der Waals surface area contributed by atoms with E-state index in [1.54, 1.807) is 12.1 Å². The van der Waals surface area contributed by atoms with Crippen molar-refractivity contribution in [2.24, 2.45) is 0 Å². The van der Waals surface area contributed by atoms with Crippen LogP contribution in [0.15, 0.2) is 41.8 Å². The number of thioether (sulfide) groups is 1. The molecule has 0 bridgehead atoms. The molecule has 2 unspecified atom stereocenters. The summed E-state index contributed by atoms with van der Waals surface area (Å²) in [5.74, 6) is 0.117. The zero-order valence-corrected chi connectivity index (χ0v) is 11.9. The Labute approximate surface area is 121 Å². The fourth-order valence-corrected chi connectivity index (χ4v) is 2.63. The Bertz CT molecular complexity index is 518. The number of rotatable bonds is 6. The van der Waals surface area contributed by atoms with Crippen molar-refractivity contribution in [2.45, 2.75) is 18.3 Å². The maximum atomic E-state index is 11.7. The molecule has 0 aliphatic carbocycles. The van der Waals surface area contributed by atoms with Gasteiger partial charge in [0.25, 0.3) is 5.91 Å². The molecule has 0 spiro atoms. The van der Waals surface area contributed by atoms with Gasteiger partial charge in [-0.25, -0.2) is 0 Å². The monoisotopic (exact) mass is 292 g/mol. The van der Waals surface area contributed by atoms with Crippen LogP contribution in [0.1, 0.15) is 6.92 Å². The second kappa shape index (κ2) is 6.47. The maximum Gasteiger partial charge on any atom is 0.258 e. The number of carbonyl (C=O) groups excluding carboxylic acids is 2. The van der Waals surface area contributed by atoms with Gasteiger partial charge in [-0.2, -0.15) is 0 Å². The molecule has 1 aromatic carbocycles. The van der Waals surface area contributed by atoms with Crippen LogP contribution in [-0.4, -0.2) is 29.8 Å². The second-order valence-electron chi connectivity index (χ2n) is 4.40. The van der Waals surface area contributed by atoms with E-state index in [1.165, 1.54) is 11.8 Å². The molecule has 1 aliphatic rings. The molecule has 0 aromatic heterocycles. The summed E-state index contributed by atoms with van der Waals surface area (Å²) in [4.78, 5) is 24.1. The van der Waals surface area contributed by atoms with Crippen LogP contribution in [0.2, 0.25) is 0 Å². The predicted molar refractivity (Wildman–Crippen MR) is 78.2 cm³/mol. The molecule has 5 nitrogen and oxygen atoms in total. The summed E-state index contributed by atoms with van der Waals surface area (Å²) in [6, 6.07) is 8.53. The first-order chi connectivity index (χ1) is 9.56. The molecule has 1 fully saturated rings. The highest BCUT2D eigenvalue weighted by Gasteiger charge is 2.40. The Balaban J connectivity index is 1.79.